The molecule has 0 saturated heterocycles. The first-order valence-electron chi connectivity index (χ1n) is 9.64. The number of nitrogens with one attached hydrogen (secondary N) is 1. The van der Waals surface area contributed by atoms with E-state index in [1.54, 1.807) is 36.5 Å². The molecule has 2 heterocycles. The van der Waals surface area contributed by atoms with E-state index in [1.807, 2.05) is 48.0 Å². The Kier molecular flexibility index (Phi) is 5.52. The molecule has 4 aromatic rings. The molecular formula is C23H21N5O2. The molecule has 0 aliphatic carbocycles. The first-order valence-corrected chi connectivity index (χ1v) is 9.64. The number of benzene rings is 2. The van der Waals surface area contributed by atoms with E-state index in [2.05, 4.69) is 27.4 Å². The molecule has 2 aromatic heterocycles. The van der Waals surface area contributed by atoms with Crippen molar-refractivity contribution in [3.05, 3.63) is 90.0 Å². The summed E-state index contributed by atoms with van der Waals surface area (Å²) in [6.07, 6.45) is 4.48. The van der Waals surface area contributed by atoms with Gasteiger partial charge in [-0.05, 0) is 61.4 Å². The number of carbonyl (C=O) groups excluding carboxylic acids is 1. The van der Waals surface area contributed by atoms with Gasteiger partial charge >= 0.3 is 0 Å². The minimum Gasteiger partial charge on any atom is -0.438 e. The van der Waals surface area contributed by atoms with Crippen molar-refractivity contribution in [2.75, 3.05) is 5.32 Å². The smallest absolute Gasteiger partial charge is 0.255 e. The maximum atomic E-state index is 12.4. The fraction of sp³-hybridized carbons (Fsp3) is 0.130. The van der Waals surface area contributed by atoms with Crippen molar-refractivity contribution in [1.29, 1.82) is 0 Å². The lowest BCUT2D eigenvalue weighted by Gasteiger charge is -2.08. The van der Waals surface area contributed by atoms with E-state index in [-0.39, 0.29) is 5.91 Å². The minimum absolute atomic E-state index is 0.150. The summed E-state index contributed by atoms with van der Waals surface area (Å²) < 4.78 is 7.58. The van der Waals surface area contributed by atoms with Crippen LogP contribution in [-0.4, -0.2) is 25.7 Å². The van der Waals surface area contributed by atoms with E-state index in [4.69, 9.17) is 4.74 Å². The first kappa shape index (κ1) is 19.3. The lowest BCUT2D eigenvalue weighted by atomic mass is 10.1. The van der Waals surface area contributed by atoms with Gasteiger partial charge in [-0.15, -0.1) is 10.2 Å². The molecule has 1 N–H and O–H groups in total. The third-order valence-electron chi connectivity index (χ3n) is 4.66. The van der Waals surface area contributed by atoms with Crippen molar-refractivity contribution in [3.8, 4) is 17.4 Å². The number of rotatable bonds is 6. The van der Waals surface area contributed by atoms with Crippen LogP contribution in [0.5, 0.6) is 11.6 Å². The molecule has 1 amide bonds. The highest BCUT2D eigenvalue weighted by Crippen LogP contribution is 2.22. The third-order valence-corrected chi connectivity index (χ3v) is 4.66. The number of ether oxygens (including phenoxy) is 1. The molecule has 7 heteroatoms. The minimum atomic E-state index is -0.150. The Balaban J connectivity index is 1.38. The molecule has 7 nitrogen and oxygen atoms in total. The molecule has 150 valence electrons. The summed E-state index contributed by atoms with van der Waals surface area (Å²) in [7, 11) is 0. The normalized spacial score (nSPS) is 10.6. The lowest BCUT2D eigenvalue weighted by molar-refractivity contribution is 0.102. The molecule has 0 aliphatic rings. The predicted molar refractivity (Wildman–Crippen MR) is 114 cm³/mol. The number of aromatic nitrogens is 4. The molecule has 0 fully saturated rings. The Bertz CT molecular complexity index is 1130. The van der Waals surface area contributed by atoms with Gasteiger partial charge in [0.2, 0.25) is 5.88 Å². The second-order valence-electron chi connectivity index (χ2n) is 6.71. The monoisotopic (exact) mass is 399 g/mol. The van der Waals surface area contributed by atoms with Gasteiger partial charge in [0.1, 0.15) is 11.6 Å². The number of nitrogens with zero attached hydrogens (tertiary/aromatic N) is 4. The van der Waals surface area contributed by atoms with Gasteiger partial charge in [0.15, 0.2) is 5.82 Å². The lowest BCUT2D eigenvalue weighted by Crippen LogP contribution is -2.11. The van der Waals surface area contributed by atoms with Gasteiger partial charge in [0.05, 0.1) is 0 Å². The number of aryl methyl sites for hydroxylation is 2. The highest BCUT2D eigenvalue weighted by atomic mass is 16.5. The van der Waals surface area contributed by atoms with Gasteiger partial charge in [-0.25, -0.2) is 4.98 Å². The van der Waals surface area contributed by atoms with E-state index < -0.39 is 0 Å². The molecule has 2 aromatic carbocycles. The Labute approximate surface area is 174 Å². The van der Waals surface area contributed by atoms with Crippen LogP contribution < -0.4 is 10.1 Å². The average molecular weight is 399 g/mol. The van der Waals surface area contributed by atoms with Crippen molar-refractivity contribution < 1.29 is 9.53 Å². The number of hydrogen-bond donors (Lipinski definition) is 1. The summed E-state index contributed by atoms with van der Waals surface area (Å²) in [5, 5.41) is 11.2. The van der Waals surface area contributed by atoms with Crippen LogP contribution in [0.2, 0.25) is 0 Å². The number of imidazole rings is 1. The van der Waals surface area contributed by atoms with Gasteiger partial charge < -0.3 is 10.1 Å². The Morgan fingerprint density at radius 3 is 2.37 bits per heavy atom. The molecule has 0 aliphatic heterocycles. The molecule has 4 rings (SSSR count). The van der Waals surface area contributed by atoms with E-state index in [0.29, 0.717) is 28.7 Å². The third kappa shape index (κ3) is 4.35. The molecule has 0 unspecified atom stereocenters. The summed E-state index contributed by atoms with van der Waals surface area (Å²) >= 11 is 0. The molecule has 0 bridgehead atoms. The van der Waals surface area contributed by atoms with Crippen LogP contribution in [0.3, 0.4) is 0 Å². The van der Waals surface area contributed by atoms with Crippen molar-refractivity contribution in [1.82, 2.24) is 19.7 Å². The summed E-state index contributed by atoms with van der Waals surface area (Å²) in [5.74, 6) is 2.33. The zero-order valence-corrected chi connectivity index (χ0v) is 16.7. The van der Waals surface area contributed by atoms with Crippen LogP contribution in [0, 0.1) is 6.92 Å². The molecule has 0 radical (unpaired) electrons. The van der Waals surface area contributed by atoms with Crippen molar-refractivity contribution in [2.45, 2.75) is 20.3 Å². The molecule has 0 spiro atoms. The number of anilines is 1. The topological polar surface area (TPSA) is 81.9 Å². The van der Waals surface area contributed by atoms with Gasteiger partial charge in [0, 0.05) is 29.7 Å². The van der Waals surface area contributed by atoms with Gasteiger partial charge in [-0.1, -0.05) is 19.1 Å². The largest absolute Gasteiger partial charge is 0.438 e. The summed E-state index contributed by atoms with van der Waals surface area (Å²) in [6, 6.07) is 18.3. The zero-order chi connectivity index (χ0) is 20.9. The highest BCUT2D eigenvalue weighted by Gasteiger charge is 2.07. The zero-order valence-electron chi connectivity index (χ0n) is 16.7. The maximum Gasteiger partial charge on any atom is 0.255 e. The second kappa shape index (κ2) is 8.57. The van der Waals surface area contributed by atoms with E-state index in [9.17, 15) is 4.79 Å². The molecular weight excluding hydrogens is 378 g/mol. The van der Waals surface area contributed by atoms with Crippen LogP contribution in [-0.2, 0) is 6.42 Å². The second-order valence-corrected chi connectivity index (χ2v) is 6.71. The van der Waals surface area contributed by atoms with E-state index >= 15 is 0 Å². The Hall–Kier alpha value is -4.00. The van der Waals surface area contributed by atoms with E-state index in [0.717, 1.165) is 12.2 Å². The van der Waals surface area contributed by atoms with Gasteiger partial charge in [-0.3, -0.25) is 9.36 Å². The number of hydrogen-bond acceptors (Lipinski definition) is 5. The van der Waals surface area contributed by atoms with Crippen LogP contribution in [0.25, 0.3) is 5.82 Å². The Morgan fingerprint density at radius 1 is 1.00 bits per heavy atom. The SMILES string of the molecule is CCc1ccc(C(=O)Nc2ccc(Oc3ccc(-n4ccnc4C)nn3)cc2)cc1. The van der Waals surface area contributed by atoms with E-state index in [1.165, 1.54) is 5.56 Å². The summed E-state index contributed by atoms with van der Waals surface area (Å²) in [4.78, 5) is 16.5. The van der Waals surface area contributed by atoms with Crippen molar-refractivity contribution >= 4 is 11.6 Å². The maximum absolute atomic E-state index is 12.4. The summed E-state index contributed by atoms with van der Waals surface area (Å²) in [5.41, 5.74) is 2.50. The van der Waals surface area contributed by atoms with Crippen LogP contribution in [0.1, 0.15) is 28.7 Å². The summed E-state index contributed by atoms with van der Waals surface area (Å²) in [6.45, 7) is 3.98. The molecule has 0 saturated carbocycles. The van der Waals surface area contributed by atoms with Crippen LogP contribution in [0.15, 0.2) is 73.1 Å². The van der Waals surface area contributed by atoms with Gasteiger partial charge in [-0.2, -0.15) is 0 Å². The first-order chi connectivity index (χ1) is 14.6. The fourth-order valence-electron chi connectivity index (χ4n) is 2.94. The van der Waals surface area contributed by atoms with Crippen molar-refractivity contribution in [2.24, 2.45) is 0 Å². The Morgan fingerprint density at radius 2 is 1.77 bits per heavy atom. The standard InChI is InChI=1S/C23H21N5O2/c1-3-17-4-6-18(7-5-17)23(29)25-19-8-10-20(11-9-19)30-22-13-12-21(26-27-22)28-15-14-24-16(28)2/h4-15H,3H2,1-2H3,(H,25,29). The quantitative estimate of drug-likeness (QED) is 0.513. The van der Waals surface area contributed by atoms with Crippen LogP contribution in [0.4, 0.5) is 5.69 Å². The van der Waals surface area contributed by atoms with Gasteiger partial charge in [0.25, 0.3) is 5.91 Å². The van der Waals surface area contributed by atoms with Crippen LogP contribution >= 0.6 is 0 Å². The fourth-order valence-corrected chi connectivity index (χ4v) is 2.94. The number of carbonyl (C=O) groups is 1. The molecule has 30 heavy (non-hydrogen) atoms. The predicted octanol–water partition coefficient (Wildman–Crippen LogP) is 4.58. The average Bonchev–Trinajstić information content (AvgIpc) is 3.21. The van der Waals surface area contributed by atoms with Crippen molar-refractivity contribution in [3.63, 3.8) is 0 Å². The highest BCUT2D eigenvalue weighted by molar-refractivity contribution is 6.04. The molecule has 0 atom stereocenters. The number of amides is 1.